The maximum atomic E-state index is 12.5. The Kier molecular flexibility index (Phi) is 7.29. The average Bonchev–Trinajstić information content (AvgIpc) is 3.52. The standard InChI is InChI=1S/C24H28N8O/c1-3-5-7-21(33)24-26-22(32(29-24)14-6-4-2)15-17-8-10-18(11-9-17)19-12-13-25-16-20(19)23-27-30-31-28-23/h8-13,16H,3-7,14-15H2,1-2H3,(H,27,28,30,31). The van der Waals surface area contributed by atoms with Crippen molar-refractivity contribution in [1.82, 2.24) is 40.4 Å². The summed E-state index contributed by atoms with van der Waals surface area (Å²) in [4.78, 5) is 21.3. The number of aromatic nitrogens is 8. The minimum Gasteiger partial charge on any atom is -0.291 e. The Hall–Kier alpha value is -3.75. The molecule has 0 aliphatic heterocycles. The van der Waals surface area contributed by atoms with Gasteiger partial charge in [0, 0.05) is 37.3 Å². The maximum absolute atomic E-state index is 12.5. The molecule has 0 atom stereocenters. The van der Waals surface area contributed by atoms with Crippen molar-refractivity contribution in [2.75, 3.05) is 0 Å². The van der Waals surface area contributed by atoms with Gasteiger partial charge in [-0.05, 0) is 46.0 Å². The van der Waals surface area contributed by atoms with E-state index < -0.39 is 0 Å². The number of carbonyl (C=O) groups excluding carboxylic acids is 1. The highest BCUT2D eigenvalue weighted by Gasteiger charge is 2.17. The molecule has 0 saturated carbocycles. The van der Waals surface area contributed by atoms with Crippen LogP contribution in [0.2, 0.25) is 0 Å². The first-order valence-corrected chi connectivity index (χ1v) is 11.4. The molecule has 9 nitrogen and oxygen atoms in total. The molecule has 1 aromatic carbocycles. The van der Waals surface area contributed by atoms with E-state index in [4.69, 9.17) is 0 Å². The summed E-state index contributed by atoms with van der Waals surface area (Å²) in [5.74, 6) is 1.77. The van der Waals surface area contributed by atoms with E-state index in [1.165, 1.54) is 0 Å². The second-order valence-electron chi connectivity index (χ2n) is 8.00. The Morgan fingerprint density at radius 3 is 2.58 bits per heavy atom. The summed E-state index contributed by atoms with van der Waals surface area (Å²) in [7, 11) is 0. The molecular formula is C24H28N8O. The first-order valence-electron chi connectivity index (χ1n) is 11.4. The van der Waals surface area contributed by atoms with Gasteiger partial charge in [-0.1, -0.05) is 51.0 Å². The average molecular weight is 445 g/mol. The summed E-state index contributed by atoms with van der Waals surface area (Å²) < 4.78 is 1.90. The van der Waals surface area contributed by atoms with Gasteiger partial charge in [0.05, 0.1) is 0 Å². The van der Waals surface area contributed by atoms with Crippen molar-refractivity contribution < 1.29 is 4.79 Å². The number of pyridine rings is 1. The Morgan fingerprint density at radius 1 is 1.03 bits per heavy atom. The maximum Gasteiger partial charge on any atom is 0.217 e. The Labute approximate surface area is 192 Å². The van der Waals surface area contributed by atoms with Gasteiger partial charge in [0.25, 0.3) is 0 Å². The third kappa shape index (κ3) is 5.36. The monoisotopic (exact) mass is 444 g/mol. The lowest BCUT2D eigenvalue weighted by molar-refractivity contribution is 0.0969. The zero-order chi connectivity index (χ0) is 23.0. The molecule has 0 bridgehead atoms. The van der Waals surface area contributed by atoms with E-state index >= 15 is 0 Å². The van der Waals surface area contributed by atoms with Crippen molar-refractivity contribution >= 4 is 5.78 Å². The number of hydrogen-bond donors (Lipinski definition) is 1. The summed E-state index contributed by atoms with van der Waals surface area (Å²) in [5, 5.41) is 18.7. The second-order valence-corrected chi connectivity index (χ2v) is 8.00. The number of nitrogens with zero attached hydrogens (tertiary/aromatic N) is 7. The molecule has 3 aromatic heterocycles. The molecule has 0 fully saturated rings. The molecule has 0 spiro atoms. The first-order chi connectivity index (χ1) is 16.2. The summed E-state index contributed by atoms with van der Waals surface area (Å²) in [6.07, 6.45) is 8.52. The molecule has 0 aliphatic rings. The van der Waals surface area contributed by atoms with Crippen molar-refractivity contribution in [1.29, 1.82) is 0 Å². The number of carbonyl (C=O) groups is 1. The van der Waals surface area contributed by atoms with Gasteiger partial charge in [0.1, 0.15) is 5.82 Å². The highest BCUT2D eigenvalue weighted by atomic mass is 16.1. The molecule has 170 valence electrons. The molecule has 9 heteroatoms. The lowest BCUT2D eigenvalue weighted by Crippen LogP contribution is -2.07. The number of benzene rings is 1. The van der Waals surface area contributed by atoms with Crippen LogP contribution < -0.4 is 0 Å². The molecule has 0 amide bonds. The minimum atomic E-state index is 0.0239. The predicted octanol–water partition coefficient (Wildman–Crippen LogP) is 4.28. The van der Waals surface area contributed by atoms with Gasteiger partial charge >= 0.3 is 0 Å². The molecule has 0 radical (unpaired) electrons. The van der Waals surface area contributed by atoms with Crippen LogP contribution in [0.1, 0.15) is 68.0 Å². The lowest BCUT2D eigenvalue weighted by Gasteiger charge is -2.08. The van der Waals surface area contributed by atoms with Crippen LogP contribution in [0.5, 0.6) is 0 Å². The SMILES string of the molecule is CCCCC(=O)c1nc(Cc2ccc(-c3ccncc3-c3nnn[nH]3)cc2)n(CCCC)n1. The van der Waals surface area contributed by atoms with E-state index in [9.17, 15) is 4.79 Å². The predicted molar refractivity (Wildman–Crippen MR) is 124 cm³/mol. The number of aromatic amines is 1. The van der Waals surface area contributed by atoms with Crippen LogP contribution in [0.4, 0.5) is 0 Å². The third-order valence-electron chi connectivity index (χ3n) is 5.53. The summed E-state index contributed by atoms with van der Waals surface area (Å²) in [5.41, 5.74) is 3.97. The molecule has 3 heterocycles. The number of ketones is 1. The molecule has 33 heavy (non-hydrogen) atoms. The van der Waals surface area contributed by atoms with Crippen LogP contribution in [-0.4, -0.2) is 46.2 Å². The van der Waals surface area contributed by atoms with Crippen LogP contribution in [0.3, 0.4) is 0 Å². The van der Waals surface area contributed by atoms with Crippen LogP contribution in [0.15, 0.2) is 42.7 Å². The van der Waals surface area contributed by atoms with Crippen molar-refractivity contribution in [2.24, 2.45) is 0 Å². The largest absolute Gasteiger partial charge is 0.291 e. The number of aryl methyl sites for hydroxylation is 1. The number of hydrogen-bond acceptors (Lipinski definition) is 7. The number of rotatable bonds is 11. The van der Waals surface area contributed by atoms with Gasteiger partial charge in [-0.3, -0.25) is 9.78 Å². The molecule has 4 aromatic rings. The molecule has 1 N–H and O–H groups in total. The van der Waals surface area contributed by atoms with E-state index in [-0.39, 0.29) is 5.78 Å². The van der Waals surface area contributed by atoms with Crippen LogP contribution in [0.25, 0.3) is 22.5 Å². The van der Waals surface area contributed by atoms with Crippen LogP contribution >= 0.6 is 0 Å². The zero-order valence-corrected chi connectivity index (χ0v) is 19.0. The van der Waals surface area contributed by atoms with Gasteiger partial charge < -0.3 is 0 Å². The lowest BCUT2D eigenvalue weighted by atomic mass is 9.99. The number of H-pyrrole nitrogens is 1. The van der Waals surface area contributed by atoms with E-state index in [0.29, 0.717) is 24.5 Å². The minimum absolute atomic E-state index is 0.0239. The number of Topliss-reactive ketones (excluding diaryl/α,β-unsaturated/α-hetero) is 1. The second kappa shape index (κ2) is 10.7. The van der Waals surface area contributed by atoms with Crippen molar-refractivity contribution in [3.05, 3.63) is 59.9 Å². The Balaban J connectivity index is 1.56. The summed E-state index contributed by atoms with van der Waals surface area (Å²) in [6, 6.07) is 10.2. The van der Waals surface area contributed by atoms with E-state index in [1.54, 1.807) is 12.4 Å². The highest BCUT2D eigenvalue weighted by molar-refractivity contribution is 5.92. The molecule has 0 unspecified atom stereocenters. The fourth-order valence-electron chi connectivity index (χ4n) is 3.65. The number of tetrazole rings is 1. The van der Waals surface area contributed by atoms with Gasteiger partial charge in [-0.25, -0.2) is 14.8 Å². The normalized spacial score (nSPS) is 11.1. The molecule has 0 aliphatic carbocycles. The summed E-state index contributed by atoms with van der Waals surface area (Å²) >= 11 is 0. The fourth-order valence-corrected chi connectivity index (χ4v) is 3.65. The van der Waals surface area contributed by atoms with Gasteiger partial charge in [-0.2, -0.15) is 0 Å². The summed E-state index contributed by atoms with van der Waals surface area (Å²) in [6.45, 7) is 4.99. The Bertz CT molecular complexity index is 1180. The number of unbranched alkanes of at least 4 members (excludes halogenated alkanes) is 2. The van der Waals surface area contributed by atoms with Crippen LogP contribution in [0, 0.1) is 0 Å². The van der Waals surface area contributed by atoms with Gasteiger partial charge in [0.2, 0.25) is 11.6 Å². The zero-order valence-electron chi connectivity index (χ0n) is 19.0. The van der Waals surface area contributed by atoms with Crippen LogP contribution in [-0.2, 0) is 13.0 Å². The molecular weight excluding hydrogens is 416 g/mol. The fraction of sp³-hybridized carbons (Fsp3) is 0.375. The van der Waals surface area contributed by atoms with Gasteiger partial charge in [0.15, 0.2) is 5.82 Å². The van der Waals surface area contributed by atoms with Crippen molar-refractivity contribution in [3.63, 3.8) is 0 Å². The molecule has 4 rings (SSSR count). The third-order valence-corrected chi connectivity index (χ3v) is 5.53. The topological polar surface area (TPSA) is 115 Å². The quantitative estimate of drug-likeness (QED) is 0.343. The molecule has 0 saturated heterocycles. The van der Waals surface area contributed by atoms with Gasteiger partial charge in [-0.15, -0.1) is 10.2 Å². The van der Waals surface area contributed by atoms with E-state index in [1.807, 2.05) is 10.7 Å². The Morgan fingerprint density at radius 2 is 1.85 bits per heavy atom. The number of nitrogens with one attached hydrogen (secondary N) is 1. The van der Waals surface area contributed by atoms with E-state index in [2.05, 4.69) is 73.8 Å². The first kappa shape index (κ1) is 22.4. The highest BCUT2D eigenvalue weighted by Crippen LogP contribution is 2.29. The smallest absolute Gasteiger partial charge is 0.217 e. The van der Waals surface area contributed by atoms with E-state index in [0.717, 1.165) is 60.3 Å². The van der Waals surface area contributed by atoms with Crippen molar-refractivity contribution in [3.8, 4) is 22.5 Å². The van der Waals surface area contributed by atoms with Crippen molar-refractivity contribution in [2.45, 2.75) is 58.9 Å².